The number of pyridine rings is 1. The molecule has 1 N–H and O–H groups in total. The van der Waals surface area contributed by atoms with Crippen molar-refractivity contribution in [3.63, 3.8) is 0 Å². The lowest BCUT2D eigenvalue weighted by Gasteiger charge is -2.12. The van der Waals surface area contributed by atoms with Gasteiger partial charge >= 0.3 is 0 Å². The SMILES string of the molecule is CCn1nccc1C(O)c1cccc(C)n1. The van der Waals surface area contributed by atoms with Gasteiger partial charge in [-0.3, -0.25) is 9.67 Å². The molecule has 4 nitrogen and oxygen atoms in total. The van der Waals surface area contributed by atoms with Crippen LogP contribution in [0.15, 0.2) is 30.5 Å². The maximum Gasteiger partial charge on any atom is 0.137 e. The number of aryl methyl sites for hydroxylation is 2. The van der Waals surface area contributed by atoms with Crippen molar-refractivity contribution < 1.29 is 5.11 Å². The van der Waals surface area contributed by atoms with Gasteiger partial charge in [-0.25, -0.2) is 0 Å². The second-order valence-corrected chi connectivity index (χ2v) is 3.68. The molecule has 2 rings (SSSR count). The summed E-state index contributed by atoms with van der Waals surface area (Å²) in [6, 6.07) is 7.45. The molecular formula is C12H15N3O. The second-order valence-electron chi connectivity index (χ2n) is 3.68. The van der Waals surface area contributed by atoms with Gasteiger partial charge in [0, 0.05) is 18.4 Å². The van der Waals surface area contributed by atoms with Crippen molar-refractivity contribution >= 4 is 0 Å². The molecule has 0 saturated carbocycles. The summed E-state index contributed by atoms with van der Waals surface area (Å²) >= 11 is 0. The normalized spacial score (nSPS) is 12.7. The van der Waals surface area contributed by atoms with Crippen LogP contribution in [-0.4, -0.2) is 19.9 Å². The number of rotatable bonds is 3. The summed E-state index contributed by atoms with van der Waals surface area (Å²) in [5, 5.41) is 14.3. The van der Waals surface area contributed by atoms with Gasteiger partial charge in [-0.1, -0.05) is 6.07 Å². The molecule has 2 aromatic heterocycles. The molecule has 2 aromatic rings. The van der Waals surface area contributed by atoms with E-state index < -0.39 is 6.10 Å². The second kappa shape index (κ2) is 4.45. The standard InChI is InChI=1S/C12H15N3O/c1-3-15-11(7-8-13-15)12(16)10-6-4-5-9(2)14-10/h4-8,12,16H,3H2,1-2H3. The maximum atomic E-state index is 10.2. The lowest BCUT2D eigenvalue weighted by molar-refractivity contribution is 0.203. The van der Waals surface area contributed by atoms with Crippen molar-refractivity contribution in [3.8, 4) is 0 Å². The average Bonchev–Trinajstić information content (AvgIpc) is 2.76. The molecule has 16 heavy (non-hydrogen) atoms. The summed E-state index contributed by atoms with van der Waals surface area (Å²) in [7, 11) is 0. The zero-order valence-electron chi connectivity index (χ0n) is 9.46. The number of hydrogen-bond donors (Lipinski definition) is 1. The number of aromatic nitrogens is 3. The van der Waals surface area contributed by atoms with Crippen molar-refractivity contribution in [3.05, 3.63) is 47.5 Å². The van der Waals surface area contributed by atoms with Crippen LogP contribution in [0.1, 0.15) is 30.1 Å². The fourth-order valence-electron chi connectivity index (χ4n) is 1.71. The molecule has 0 aliphatic carbocycles. The van der Waals surface area contributed by atoms with Crippen molar-refractivity contribution in [1.29, 1.82) is 0 Å². The lowest BCUT2D eigenvalue weighted by Crippen LogP contribution is -2.10. The van der Waals surface area contributed by atoms with E-state index >= 15 is 0 Å². The molecule has 0 aliphatic heterocycles. The molecule has 2 heterocycles. The van der Waals surface area contributed by atoms with Crippen LogP contribution in [0.4, 0.5) is 0 Å². The third-order valence-corrected chi connectivity index (χ3v) is 2.52. The number of hydrogen-bond acceptors (Lipinski definition) is 3. The molecule has 0 fully saturated rings. The van der Waals surface area contributed by atoms with Gasteiger partial charge < -0.3 is 5.11 Å². The minimum absolute atomic E-state index is 0.662. The molecule has 4 heteroatoms. The summed E-state index contributed by atoms with van der Waals surface area (Å²) in [4.78, 5) is 4.31. The maximum absolute atomic E-state index is 10.2. The molecule has 0 aliphatic rings. The first kappa shape index (κ1) is 10.8. The number of nitrogens with zero attached hydrogens (tertiary/aromatic N) is 3. The average molecular weight is 217 g/mol. The first-order valence-electron chi connectivity index (χ1n) is 5.35. The van der Waals surface area contributed by atoms with Crippen LogP contribution < -0.4 is 0 Å². The molecule has 0 spiro atoms. The Labute approximate surface area is 94.6 Å². The Morgan fingerprint density at radius 3 is 2.88 bits per heavy atom. The van der Waals surface area contributed by atoms with E-state index in [9.17, 15) is 5.11 Å². The highest BCUT2D eigenvalue weighted by Crippen LogP contribution is 2.19. The van der Waals surface area contributed by atoms with Crippen LogP contribution in [0.2, 0.25) is 0 Å². The highest BCUT2D eigenvalue weighted by molar-refractivity contribution is 5.20. The van der Waals surface area contributed by atoms with Gasteiger partial charge in [0.15, 0.2) is 0 Å². The summed E-state index contributed by atoms with van der Waals surface area (Å²) < 4.78 is 1.77. The first-order valence-corrected chi connectivity index (χ1v) is 5.35. The highest BCUT2D eigenvalue weighted by Gasteiger charge is 2.15. The van der Waals surface area contributed by atoms with E-state index in [-0.39, 0.29) is 0 Å². The zero-order chi connectivity index (χ0) is 11.5. The third kappa shape index (κ3) is 1.97. The smallest absolute Gasteiger partial charge is 0.137 e. The van der Waals surface area contributed by atoms with Gasteiger partial charge in [0.2, 0.25) is 0 Å². The Hall–Kier alpha value is -1.68. The van der Waals surface area contributed by atoms with Crippen LogP contribution in [-0.2, 0) is 6.54 Å². The van der Waals surface area contributed by atoms with Gasteiger partial charge in [-0.05, 0) is 32.0 Å². The predicted octanol–water partition coefficient (Wildman–Crippen LogP) is 1.69. The number of aliphatic hydroxyl groups is 1. The Bertz CT molecular complexity index is 479. The monoisotopic (exact) mass is 217 g/mol. The van der Waals surface area contributed by atoms with Crippen molar-refractivity contribution in [1.82, 2.24) is 14.8 Å². The van der Waals surface area contributed by atoms with E-state index in [1.54, 1.807) is 10.9 Å². The van der Waals surface area contributed by atoms with E-state index in [1.807, 2.05) is 38.1 Å². The zero-order valence-corrected chi connectivity index (χ0v) is 9.46. The lowest BCUT2D eigenvalue weighted by atomic mass is 10.1. The third-order valence-electron chi connectivity index (χ3n) is 2.52. The van der Waals surface area contributed by atoms with Gasteiger partial charge in [0.1, 0.15) is 6.10 Å². The van der Waals surface area contributed by atoms with Crippen LogP contribution in [0, 0.1) is 6.92 Å². The Kier molecular flexibility index (Phi) is 3.01. The van der Waals surface area contributed by atoms with Crippen molar-refractivity contribution in [2.45, 2.75) is 26.5 Å². The molecule has 0 amide bonds. The van der Waals surface area contributed by atoms with Gasteiger partial charge in [-0.15, -0.1) is 0 Å². The molecule has 1 atom stereocenters. The van der Waals surface area contributed by atoms with E-state index in [0.717, 1.165) is 17.9 Å². The van der Waals surface area contributed by atoms with E-state index in [0.29, 0.717) is 5.69 Å². The summed E-state index contributed by atoms with van der Waals surface area (Å²) in [6.07, 6.45) is 0.986. The fourth-order valence-corrected chi connectivity index (χ4v) is 1.71. The first-order chi connectivity index (χ1) is 7.72. The summed E-state index contributed by atoms with van der Waals surface area (Å²) in [5.74, 6) is 0. The Morgan fingerprint density at radius 2 is 2.19 bits per heavy atom. The fraction of sp³-hybridized carbons (Fsp3) is 0.333. The molecule has 84 valence electrons. The molecule has 1 unspecified atom stereocenters. The van der Waals surface area contributed by atoms with E-state index in [4.69, 9.17) is 0 Å². The van der Waals surface area contributed by atoms with Crippen molar-refractivity contribution in [2.75, 3.05) is 0 Å². The molecule has 0 radical (unpaired) electrons. The topological polar surface area (TPSA) is 50.9 Å². The molecule has 0 saturated heterocycles. The van der Waals surface area contributed by atoms with Crippen LogP contribution in [0.5, 0.6) is 0 Å². The molecular weight excluding hydrogens is 202 g/mol. The quantitative estimate of drug-likeness (QED) is 0.851. The van der Waals surface area contributed by atoms with Gasteiger partial charge in [0.05, 0.1) is 11.4 Å². The minimum Gasteiger partial charge on any atom is -0.380 e. The van der Waals surface area contributed by atoms with Gasteiger partial charge in [0.25, 0.3) is 0 Å². The largest absolute Gasteiger partial charge is 0.380 e. The van der Waals surface area contributed by atoms with Crippen molar-refractivity contribution in [2.24, 2.45) is 0 Å². The number of aliphatic hydroxyl groups excluding tert-OH is 1. The van der Waals surface area contributed by atoms with E-state index in [1.165, 1.54) is 0 Å². The predicted molar refractivity (Wildman–Crippen MR) is 60.9 cm³/mol. The van der Waals surface area contributed by atoms with Crippen LogP contribution in [0.25, 0.3) is 0 Å². The highest BCUT2D eigenvalue weighted by atomic mass is 16.3. The van der Waals surface area contributed by atoms with E-state index in [2.05, 4.69) is 10.1 Å². The van der Waals surface area contributed by atoms with Crippen LogP contribution in [0.3, 0.4) is 0 Å². The Balaban J connectivity index is 2.35. The minimum atomic E-state index is -0.706. The molecule has 0 bridgehead atoms. The van der Waals surface area contributed by atoms with Crippen LogP contribution >= 0.6 is 0 Å². The van der Waals surface area contributed by atoms with Gasteiger partial charge in [-0.2, -0.15) is 5.10 Å². The summed E-state index contributed by atoms with van der Waals surface area (Å²) in [5.41, 5.74) is 2.34. The Morgan fingerprint density at radius 1 is 1.38 bits per heavy atom. The summed E-state index contributed by atoms with van der Waals surface area (Å²) in [6.45, 7) is 4.64. The molecule has 0 aromatic carbocycles.